The quantitative estimate of drug-likeness (QED) is 0.731. The molecule has 0 fully saturated rings. The number of rotatable bonds is 5. The van der Waals surface area contributed by atoms with E-state index < -0.39 is 0 Å². The average Bonchev–Trinajstić information content (AvgIpc) is 2.72. The predicted molar refractivity (Wildman–Crippen MR) is 102 cm³/mol. The Morgan fingerprint density at radius 1 is 1.00 bits per heavy atom. The lowest BCUT2D eigenvalue weighted by atomic mass is 9.94. The molecular formula is C22H25NO3. The molecule has 0 aliphatic carbocycles. The van der Waals surface area contributed by atoms with Crippen molar-refractivity contribution in [1.29, 1.82) is 0 Å². The Kier molecular flexibility index (Phi) is 6.08. The third-order valence-corrected chi connectivity index (χ3v) is 4.77. The van der Waals surface area contributed by atoms with Crippen molar-refractivity contribution in [2.45, 2.75) is 38.1 Å². The zero-order valence-corrected chi connectivity index (χ0v) is 15.2. The molecule has 4 nitrogen and oxygen atoms in total. The number of amides is 1. The highest BCUT2D eigenvalue weighted by atomic mass is 16.6. The molecule has 136 valence electrons. The van der Waals surface area contributed by atoms with Crippen LogP contribution < -0.4 is 0 Å². The minimum atomic E-state index is -0.319. The van der Waals surface area contributed by atoms with Gasteiger partial charge < -0.3 is 9.47 Å². The van der Waals surface area contributed by atoms with Crippen LogP contribution in [0.5, 0.6) is 0 Å². The highest BCUT2D eigenvalue weighted by Gasteiger charge is 2.37. The number of hydrogen-bond donors (Lipinski definition) is 0. The summed E-state index contributed by atoms with van der Waals surface area (Å²) < 4.78 is 11.2. The summed E-state index contributed by atoms with van der Waals surface area (Å²) in [5, 5.41) is 0. The topological polar surface area (TPSA) is 38.8 Å². The zero-order chi connectivity index (χ0) is 18.4. The maximum atomic E-state index is 13.0. The second kappa shape index (κ2) is 8.68. The minimum Gasteiger partial charge on any atom is -0.445 e. The normalized spacial score (nSPS) is 22.2. The summed E-state index contributed by atoms with van der Waals surface area (Å²) in [6.07, 6.45) is 4.41. The van der Waals surface area contributed by atoms with E-state index in [-0.39, 0.29) is 30.9 Å². The van der Waals surface area contributed by atoms with Crippen LogP contribution in [0.25, 0.3) is 0 Å². The summed E-state index contributed by atoms with van der Waals surface area (Å²) in [6.45, 7) is 2.32. The minimum absolute atomic E-state index is 0.0709. The van der Waals surface area contributed by atoms with Crippen LogP contribution in [0.1, 0.15) is 30.5 Å². The first-order valence-corrected chi connectivity index (χ1v) is 8.99. The Morgan fingerprint density at radius 2 is 1.65 bits per heavy atom. The van der Waals surface area contributed by atoms with Gasteiger partial charge in [0.2, 0.25) is 0 Å². The fourth-order valence-corrected chi connectivity index (χ4v) is 3.43. The van der Waals surface area contributed by atoms with Gasteiger partial charge in [-0.05, 0) is 17.5 Å². The lowest BCUT2D eigenvalue weighted by Crippen LogP contribution is -2.50. The van der Waals surface area contributed by atoms with Gasteiger partial charge in [0.05, 0.1) is 18.2 Å². The van der Waals surface area contributed by atoms with Crippen molar-refractivity contribution in [2.24, 2.45) is 0 Å². The number of ether oxygens (including phenoxy) is 2. The second-order valence-corrected chi connectivity index (χ2v) is 6.36. The van der Waals surface area contributed by atoms with Crippen LogP contribution in [0.15, 0.2) is 72.8 Å². The standard InChI is InChI=1S/C22H25NO3/c1-3-19-21(25-2)15-14-20(18-12-8-5-9-13-18)23(19)22(24)26-16-17-10-6-4-7-11-17/h4-15,19-21H,3,16H2,1-2H3/t19-,20-,21+/m0/s1. The summed E-state index contributed by atoms with van der Waals surface area (Å²) in [6, 6.07) is 19.5. The SMILES string of the molecule is CC[C@H]1[C@H](OC)C=C[C@@H](c2ccccc2)N1C(=O)OCc1ccccc1. The van der Waals surface area contributed by atoms with Crippen molar-refractivity contribution in [3.8, 4) is 0 Å². The predicted octanol–water partition coefficient (Wildman–Crippen LogP) is 4.73. The summed E-state index contributed by atoms with van der Waals surface area (Å²) in [5.74, 6) is 0. The van der Waals surface area contributed by atoms with E-state index in [4.69, 9.17) is 9.47 Å². The molecule has 1 amide bonds. The van der Waals surface area contributed by atoms with Gasteiger partial charge in [0.25, 0.3) is 0 Å². The first kappa shape index (κ1) is 18.2. The first-order chi connectivity index (χ1) is 12.7. The molecule has 1 heterocycles. The summed E-state index contributed by atoms with van der Waals surface area (Å²) in [7, 11) is 1.67. The lowest BCUT2D eigenvalue weighted by molar-refractivity contribution is 0.00785. The average molecular weight is 351 g/mol. The summed E-state index contributed by atoms with van der Waals surface area (Å²) in [5.41, 5.74) is 2.04. The van der Waals surface area contributed by atoms with E-state index >= 15 is 0 Å². The number of methoxy groups -OCH3 is 1. The van der Waals surface area contributed by atoms with Gasteiger partial charge in [-0.15, -0.1) is 0 Å². The zero-order valence-electron chi connectivity index (χ0n) is 15.2. The van der Waals surface area contributed by atoms with Gasteiger partial charge >= 0.3 is 6.09 Å². The molecule has 0 saturated heterocycles. The lowest BCUT2D eigenvalue weighted by Gasteiger charge is -2.41. The first-order valence-electron chi connectivity index (χ1n) is 8.99. The van der Waals surface area contributed by atoms with Crippen molar-refractivity contribution >= 4 is 6.09 Å². The molecule has 1 aliphatic heterocycles. The maximum Gasteiger partial charge on any atom is 0.411 e. The van der Waals surface area contributed by atoms with Crippen LogP contribution in [0, 0.1) is 0 Å². The van der Waals surface area contributed by atoms with Gasteiger partial charge in [-0.25, -0.2) is 4.79 Å². The largest absolute Gasteiger partial charge is 0.445 e. The van der Waals surface area contributed by atoms with E-state index in [1.54, 1.807) is 7.11 Å². The fraction of sp³-hybridized carbons (Fsp3) is 0.318. The van der Waals surface area contributed by atoms with Gasteiger partial charge in [0.1, 0.15) is 6.61 Å². The Labute approximate surface area is 155 Å². The highest BCUT2D eigenvalue weighted by molar-refractivity contribution is 5.70. The number of carbonyl (C=O) groups is 1. The van der Waals surface area contributed by atoms with Crippen LogP contribution in [0.2, 0.25) is 0 Å². The molecular weight excluding hydrogens is 326 g/mol. The van der Waals surface area contributed by atoms with Crippen molar-refractivity contribution in [2.75, 3.05) is 7.11 Å². The molecule has 0 unspecified atom stereocenters. The molecule has 2 aromatic rings. The highest BCUT2D eigenvalue weighted by Crippen LogP contribution is 2.33. The molecule has 3 rings (SSSR count). The molecule has 0 aromatic heterocycles. The fourth-order valence-electron chi connectivity index (χ4n) is 3.43. The van der Waals surface area contributed by atoms with Crippen LogP contribution >= 0.6 is 0 Å². The van der Waals surface area contributed by atoms with Crippen LogP contribution in [-0.2, 0) is 16.1 Å². The molecule has 0 saturated carbocycles. The molecule has 2 aromatic carbocycles. The molecule has 0 bridgehead atoms. The number of carbonyl (C=O) groups excluding carboxylic acids is 1. The molecule has 1 aliphatic rings. The summed E-state index contributed by atoms with van der Waals surface area (Å²) in [4.78, 5) is 14.8. The van der Waals surface area contributed by atoms with Gasteiger partial charge in [-0.3, -0.25) is 4.90 Å². The Morgan fingerprint density at radius 3 is 2.27 bits per heavy atom. The van der Waals surface area contributed by atoms with E-state index in [1.807, 2.05) is 77.7 Å². The van der Waals surface area contributed by atoms with E-state index in [1.165, 1.54) is 0 Å². The van der Waals surface area contributed by atoms with E-state index in [0.29, 0.717) is 0 Å². The third-order valence-electron chi connectivity index (χ3n) is 4.77. The van der Waals surface area contributed by atoms with Crippen LogP contribution in [-0.4, -0.2) is 30.2 Å². The monoisotopic (exact) mass is 351 g/mol. The van der Waals surface area contributed by atoms with E-state index in [0.717, 1.165) is 17.5 Å². The molecule has 4 heteroatoms. The molecule has 0 spiro atoms. The van der Waals surface area contributed by atoms with E-state index in [9.17, 15) is 4.79 Å². The Hall–Kier alpha value is -2.59. The van der Waals surface area contributed by atoms with Crippen molar-refractivity contribution in [3.05, 3.63) is 83.9 Å². The summed E-state index contributed by atoms with van der Waals surface area (Å²) >= 11 is 0. The van der Waals surface area contributed by atoms with Gasteiger partial charge in [-0.1, -0.05) is 79.7 Å². The molecule has 3 atom stereocenters. The molecule has 0 radical (unpaired) electrons. The van der Waals surface area contributed by atoms with Crippen LogP contribution in [0.3, 0.4) is 0 Å². The van der Waals surface area contributed by atoms with Crippen molar-refractivity contribution in [1.82, 2.24) is 4.90 Å². The maximum absolute atomic E-state index is 13.0. The molecule has 26 heavy (non-hydrogen) atoms. The van der Waals surface area contributed by atoms with Gasteiger partial charge in [0, 0.05) is 7.11 Å². The number of nitrogens with zero attached hydrogens (tertiary/aromatic N) is 1. The number of benzene rings is 2. The number of hydrogen-bond acceptors (Lipinski definition) is 3. The molecule has 0 N–H and O–H groups in total. The van der Waals surface area contributed by atoms with Gasteiger partial charge in [-0.2, -0.15) is 0 Å². The van der Waals surface area contributed by atoms with Crippen molar-refractivity contribution in [3.63, 3.8) is 0 Å². The van der Waals surface area contributed by atoms with Gasteiger partial charge in [0.15, 0.2) is 0 Å². The Balaban J connectivity index is 1.84. The Bertz CT molecular complexity index is 730. The van der Waals surface area contributed by atoms with Crippen LogP contribution in [0.4, 0.5) is 4.79 Å². The van der Waals surface area contributed by atoms with Crippen molar-refractivity contribution < 1.29 is 14.3 Å². The second-order valence-electron chi connectivity index (χ2n) is 6.36. The third kappa shape index (κ3) is 3.97. The van der Waals surface area contributed by atoms with E-state index in [2.05, 4.69) is 6.92 Å². The smallest absolute Gasteiger partial charge is 0.411 e.